The van der Waals surface area contributed by atoms with Crippen molar-refractivity contribution in [3.63, 3.8) is 0 Å². The zero-order valence-electron chi connectivity index (χ0n) is 11.3. The van der Waals surface area contributed by atoms with Crippen molar-refractivity contribution in [2.24, 2.45) is 0 Å². The lowest BCUT2D eigenvalue weighted by Gasteiger charge is -2.30. The maximum absolute atomic E-state index is 11.3. The molecule has 0 aliphatic carbocycles. The van der Waals surface area contributed by atoms with Crippen LogP contribution in [-0.2, 0) is 0 Å². The Kier molecular flexibility index (Phi) is 4.77. The van der Waals surface area contributed by atoms with Gasteiger partial charge in [-0.1, -0.05) is 11.6 Å². The highest BCUT2D eigenvalue weighted by atomic mass is 35.5. The van der Waals surface area contributed by atoms with Crippen LogP contribution in [0.25, 0.3) is 0 Å². The van der Waals surface area contributed by atoms with E-state index in [2.05, 4.69) is 0 Å². The van der Waals surface area contributed by atoms with Crippen molar-refractivity contribution in [1.82, 2.24) is 0 Å². The first kappa shape index (κ1) is 15.0. The van der Waals surface area contributed by atoms with Gasteiger partial charge in [0.05, 0.1) is 16.3 Å². The molecule has 0 heterocycles. The Labute approximate surface area is 113 Å². The molecule has 0 aliphatic heterocycles. The largest absolute Gasteiger partial charge is 0.389 e. The second-order valence-electron chi connectivity index (χ2n) is 5.05. The Hall–Kier alpha value is -1.06. The highest BCUT2D eigenvalue weighted by Crippen LogP contribution is 2.28. The Morgan fingerprint density at radius 2 is 2.06 bits per heavy atom. The van der Waals surface area contributed by atoms with Crippen LogP contribution in [0.4, 0.5) is 5.69 Å². The minimum absolute atomic E-state index is 0.00557. The van der Waals surface area contributed by atoms with Gasteiger partial charge in [0.2, 0.25) is 0 Å². The first-order chi connectivity index (χ1) is 8.24. The number of likely N-dealkylation sites (N-methyl/N-ethyl adjacent to an activating group) is 1. The molecule has 0 aliphatic rings. The van der Waals surface area contributed by atoms with Crippen molar-refractivity contribution in [3.8, 4) is 0 Å². The Morgan fingerprint density at radius 3 is 2.44 bits per heavy atom. The van der Waals surface area contributed by atoms with Crippen LogP contribution in [0.1, 0.15) is 38.1 Å². The molecule has 1 aromatic rings. The van der Waals surface area contributed by atoms with Gasteiger partial charge in [0.15, 0.2) is 5.78 Å². The molecule has 0 amide bonds. The third kappa shape index (κ3) is 4.00. The summed E-state index contributed by atoms with van der Waals surface area (Å²) in [4.78, 5) is 13.3. The average Bonchev–Trinajstić information content (AvgIpc) is 2.24. The molecule has 1 N–H and O–H groups in total. The number of aliphatic hydroxyl groups is 1. The third-order valence-corrected chi connectivity index (χ3v) is 2.96. The van der Waals surface area contributed by atoms with E-state index < -0.39 is 5.60 Å². The van der Waals surface area contributed by atoms with E-state index in [1.165, 1.54) is 6.92 Å². The van der Waals surface area contributed by atoms with E-state index in [9.17, 15) is 9.90 Å². The number of Topliss-reactive ketones (excluding diaryl/α,β-unsaturated/α-hetero) is 1. The van der Waals surface area contributed by atoms with Gasteiger partial charge in [-0.05, 0) is 45.9 Å². The monoisotopic (exact) mass is 269 g/mol. The lowest BCUT2D eigenvalue weighted by Crippen LogP contribution is -2.38. The van der Waals surface area contributed by atoms with E-state index in [1.54, 1.807) is 26.0 Å². The number of nitrogens with zero attached hydrogens (tertiary/aromatic N) is 1. The van der Waals surface area contributed by atoms with Crippen LogP contribution in [0.15, 0.2) is 18.2 Å². The third-order valence-electron chi connectivity index (χ3n) is 2.65. The van der Waals surface area contributed by atoms with Gasteiger partial charge in [-0.2, -0.15) is 0 Å². The fourth-order valence-electron chi connectivity index (χ4n) is 1.82. The highest BCUT2D eigenvalue weighted by molar-refractivity contribution is 6.33. The van der Waals surface area contributed by atoms with Gasteiger partial charge < -0.3 is 10.0 Å². The van der Waals surface area contributed by atoms with E-state index in [0.29, 0.717) is 17.1 Å². The minimum Gasteiger partial charge on any atom is -0.389 e. The molecular formula is C14H20ClNO2. The highest BCUT2D eigenvalue weighted by Gasteiger charge is 2.19. The van der Waals surface area contributed by atoms with E-state index in [4.69, 9.17) is 11.6 Å². The molecule has 0 radical (unpaired) electrons. The van der Waals surface area contributed by atoms with Crippen molar-refractivity contribution in [2.75, 3.05) is 18.0 Å². The van der Waals surface area contributed by atoms with Gasteiger partial charge in [0.25, 0.3) is 0 Å². The smallest absolute Gasteiger partial charge is 0.159 e. The number of carbonyl (C=O) groups is 1. The summed E-state index contributed by atoms with van der Waals surface area (Å²) in [5.41, 5.74) is 0.646. The summed E-state index contributed by atoms with van der Waals surface area (Å²) in [6.45, 7) is 8.26. The summed E-state index contributed by atoms with van der Waals surface area (Å²) in [7, 11) is 0. The Balaban J connectivity index is 3.04. The number of carbonyl (C=O) groups excluding carboxylic acids is 1. The molecule has 0 bridgehead atoms. The van der Waals surface area contributed by atoms with Gasteiger partial charge in [-0.25, -0.2) is 0 Å². The van der Waals surface area contributed by atoms with Gasteiger partial charge in [0.1, 0.15) is 0 Å². The number of hydrogen-bond donors (Lipinski definition) is 1. The van der Waals surface area contributed by atoms with Crippen LogP contribution in [0.3, 0.4) is 0 Å². The quantitative estimate of drug-likeness (QED) is 0.835. The number of anilines is 1. The molecule has 0 unspecified atom stereocenters. The molecule has 0 spiro atoms. The molecule has 18 heavy (non-hydrogen) atoms. The average molecular weight is 270 g/mol. The molecule has 3 nitrogen and oxygen atoms in total. The molecule has 0 saturated heterocycles. The van der Waals surface area contributed by atoms with Gasteiger partial charge in [-0.3, -0.25) is 4.79 Å². The molecule has 4 heteroatoms. The normalized spacial score (nSPS) is 11.4. The van der Waals surface area contributed by atoms with Crippen molar-refractivity contribution in [3.05, 3.63) is 28.8 Å². The predicted octanol–water partition coefficient (Wildman–Crippen LogP) is 3.14. The van der Waals surface area contributed by atoms with E-state index in [1.807, 2.05) is 17.9 Å². The summed E-state index contributed by atoms with van der Waals surface area (Å²) in [6.07, 6.45) is 0. The van der Waals surface area contributed by atoms with Crippen LogP contribution in [0.2, 0.25) is 5.02 Å². The Morgan fingerprint density at radius 1 is 1.44 bits per heavy atom. The van der Waals surface area contributed by atoms with E-state index in [-0.39, 0.29) is 5.78 Å². The van der Waals surface area contributed by atoms with Crippen LogP contribution >= 0.6 is 11.6 Å². The topological polar surface area (TPSA) is 40.5 Å². The molecule has 0 aromatic heterocycles. The lowest BCUT2D eigenvalue weighted by atomic mass is 10.1. The lowest BCUT2D eigenvalue weighted by molar-refractivity contribution is 0.0875. The molecule has 1 aromatic carbocycles. The van der Waals surface area contributed by atoms with Crippen LogP contribution < -0.4 is 4.90 Å². The SMILES string of the molecule is CCN(CC(C)(C)O)c1ccc(C(C)=O)cc1Cl. The molecule has 0 atom stereocenters. The van der Waals surface area contributed by atoms with Gasteiger partial charge in [-0.15, -0.1) is 0 Å². The number of ketones is 1. The van der Waals surface area contributed by atoms with Crippen molar-refractivity contribution < 1.29 is 9.90 Å². The maximum Gasteiger partial charge on any atom is 0.159 e. The molecular weight excluding hydrogens is 250 g/mol. The molecule has 0 saturated carbocycles. The van der Waals surface area contributed by atoms with Crippen LogP contribution in [-0.4, -0.2) is 29.6 Å². The molecule has 0 fully saturated rings. The number of benzene rings is 1. The minimum atomic E-state index is -0.793. The second-order valence-corrected chi connectivity index (χ2v) is 5.46. The summed E-state index contributed by atoms with van der Waals surface area (Å²) in [6, 6.07) is 5.26. The number of hydrogen-bond acceptors (Lipinski definition) is 3. The summed E-state index contributed by atoms with van der Waals surface area (Å²) in [5.74, 6) is -0.00557. The summed E-state index contributed by atoms with van der Waals surface area (Å²) in [5, 5.41) is 10.4. The summed E-state index contributed by atoms with van der Waals surface area (Å²) >= 11 is 6.20. The van der Waals surface area contributed by atoms with Crippen LogP contribution in [0.5, 0.6) is 0 Å². The first-order valence-corrected chi connectivity index (χ1v) is 6.40. The number of rotatable bonds is 5. The predicted molar refractivity (Wildman–Crippen MR) is 75.6 cm³/mol. The van der Waals surface area contributed by atoms with Gasteiger partial charge >= 0.3 is 0 Å². The Bertz CT molecular complexity index is 438. The fourth-order valence-corrected chi connectivity index (χ4v) is 2.12. The number of halogens is 1. The maximum atomic E-state index is 11.3. The fraction of sp³-hybridized carbons (Fsp3) is 0.500. The second kappa shape index (κ2) is 5.72. The standard InChI is InChI=1S/C14H20ClNO2/c1-5-16(9-14(3,4)18)13-7-6-11(10(2)17)8-12(13)15/h6-8,18H,5,9H2,1-4H3. The zero-order valence-corrected chi connectivity index (χ0v) is 12.1. The van der Waals surface area contributed by atoms with Crippen LogP contribution in [0, 0.1) is 0 Å². The molecule has 1 rings (SSSR count). The zero-order chi connectivity index (χ0) is 13.9. The van der Waals surface area contributed by atoms with Crippen molar-refractivity contribution in [1.29, 1.82) is 0 Å². The van der Waals surface area contributed by atoms with Crippen molar-refractivity contribution in [2.45, 2.75) is 33.3 Å². The van der Waals surface area contributed by atoms with Crippen molar-refractivity contribution >= 4 is 23.1 Å². The van der Waals surface area contributed by atoms with Gasteiger partial charge in [0, 0.05) is 18.7 Å². The van der Waals surface area contributed by atoms with E-state index >= 15 is 0 Å². The first-order valence-electron chi connectivity index (χ1n) is 6.02. The summed E-state index contributed by atoms with van der Waals surface area (Å²) < 4.78 is 0. The molecule has 100 valence electrons. The van der Waals surface area contributed by atoms with E-state index in [0.717, 1.165) is 12.2 Å².